The van der Waals surface area contributed by atoms with Crippen molar-refractivity contribution in [1.29, 1.82) is 0 Å². The smallest absolute Gasteiger partial charge is 0.225 e. The zero-order valence-corrected chi connectivity index (χ0v) is 8.84. The molecule has 14 heavy (non-hydrogen) atoms. The Labute approximate surface area is 87.1 Å². The lowest BCUT2D eigenvalue weighted by Crippen LogP contribution is -2.28. The number of nitrogens with one attached hydrogen (secondary N) is 1. The Balaban J connectivity index is 2.15. The highest BCUT2D eigenvalue weighted by Crippen LogP contribution is 2.36. The van der Waals surface area contributed by atoms with Gasteiger partial charge in [-0.2, -0.15) is 0 Å². The average molecular weight is 211 g/mol. The number of amides is 1. The van der Waals surface area contributed by atoms with Gasteiger partial charge >= 0.3 is 0 Å². The number of rotatable bonds is 2. The third-order valence-corrected chi connectivity index (χ3v) is 3.43. The Morgan fingerprint density at radius 1 is 1.71 bits per heavy atom. The van der Waals surface area contributed by atoms with E-state index in [-0.39, 0.29) is 17.9 Å². The van der Waals surface area contributed by atoms with Crippen LogP contribution in [0.25, 0.3) is 0 Å². The summed E-state index contributed by atoms with van der Waals surface area (Å²) >= 11 is 1.65. The van der Waals surface area contributed by atoms with Gasteiger partial charge in [-0.15, -0.1) is 11.3 Å². The summed E-state index contributed by atoms with van der Waals surface area (Å²) in [4.78, 5) is 12.7. The monoisotopic (exact) mass is 211 g/mol. The molecule has 3 nitrogen and oxygen atoms in total. The number of thiophene rings is 1. The Kier molecular flexibility index (Phi) is 2.84. The molecule has 2 heterocycles. The van der Waals surface area contributed by atoms with Gasteiger partial charge in [-0.05, 0) is 17.9 Å². The molecule has 2 atom stereocenters. The van der Waals surface area contributed by atoms with Crippen LogP contribution < -0.4 is 5.32 Å². The van der Waals surface area contributed by atoms with Crippen LogP contribution in [-0.4, -0.2) is 19.6 Å². The van der Waals surface area contributed by atoms with Gasteiger partial charge in [0.25, 0.3) is 0 Å². The van der Waals surface area contributed by atoms with Gasteiger partial charge in [-0.3, -0.25) is 4.79 Å². The van der Waals surface area contributed by atoms with Crippen molar-refractivity contribution in [3.05, 3.63) is 22.4 Å². The first-order valence-electron chi connectivity index (χ1n) is 4.69. The van der Waals surface area contributed by atoms with Crippen molar-refractivity contribution in [2.24, 2.45) is 5.92 Å². The second kappa shape index (κ2) is 4.11. The second-order valence-electron chi connectivity index (χ2n) is 3.32. The van der Waals surface area contributed by atoms with Gasteiger partial charge in [0.2, 0.25) is 5.91 Å². The minimum atomic E-state index is -0.0325. The molecule has 1 N–H and O–H groups in total. The highest BCUT2D eigenvalue weighted by Gasteiger charge is 2.35. The first-order chi connectivity index (χ1) is 6.83. The Bertz CT molecular complexity index is 310. The van der Waals surface area contributed by atoms with Crippen molar-refractivity contribution in [2.45, 2.75) is 12.5 Å². The number of carbonyl (C=O) groups excluding carboxylic acids is 1. The summed E-state index contributed by atoms with van der Waals surface area (Å²) in [6.45, 7) is 0.681. The molecule has 0 aliphatic carbocycles. The summed E-state index contributed by atoms with van der Waals surface area (Å²) in [5.41, 5.74) is 0. The van der Waals surface area contributed by atoms with Crippen LogP contribution in [0.4, 0.5) is 0 Å². The molecular formula is C10H13NO2S. The molecule has 2 rings (SSSR count). The summed E-state index contributed by atoms with van der Waals surface area (Å²) in [6.07, 6.45) is 0.789. The predicted molar refractivity (Wildman–Crippen MR) is 55.2 cm³/mol. The Morgan fingerprint density at radius 3 is 3.21 bits per heavy atom. The lowest BCUT2D eigenvalue weighted by molar-refractivity contribution is -0.126. The zero-order valence-electron chi connectivity index (χ0n) is 8.03. The van der Waals surface area contributed by atoms with Crippen molar-refractivity contribution < 1.29 is 9.53 Å². The number of hydrogen-bond donors (Lipinski definition) is 1. The van der Waals surface area contributed by atoms with Crippen LogP contribution in [-0.2, 0) is 9.53 Å². The summed E-state index contributed by atoms with van der Waals surface area (Å²) in [7, 11) is 1.67. The predicted octanol–water partition coefficient (Wildman–Crippen LogP) is 1.57. The van der Waals surface area contributed by atoms with E-state index >= 15 is 0 Å². The van der Waals surface area contributed by atoms with Gasteiger partial charge in [0.05, 0.1) is 5.92 Å². The molecule has 0 aromatic carbocycles. The first-order valence-corrected chi connectivity index (χ1v) is 5.57. The molecule has 1 fully saturated rings. The lowest BCUT2D eigenvalue weighted by atomic mass is 9.99. The number of carbonyl (C=O) groups is 1. The molecule has 1 amide bonds. The van der Waals surface area contributed by atoms with E-state index in [0.717, 1.165) is 11.3 Å². The molecule has 0 radical (unpaired) electrons. The number of hydrogen-bond acceptors (Lipinski definition) is 3. The summed E-state index contributed by atoms with van der Waals surface area (Å²) in [5, 5.41) is 4.70. The van der Waals surface area contributed by atoms with Crippen molar-refractivity contribution >= 4 is 17.2 Å². The van der Waals surface area contributed by atoms with Crippen LogP contribution in [0, 0.1) is 5.92 Å². The van der Waals surface area contributed by atoms with Crippen LogP contribution in [0.3, 0.4) is 0 Å². The van der Waals surface area contributed by atoms with E-state index < -0.39 is 0 Å². The molecule has 1 aliphatic rings. The largest absolute Gasteiger partial charge is 0.372 e. The number of ether oxygens (including phenoxy) is 1. The first kappa shape index (κ1) is 9.68. The van der Waals surface area contributed by atoms with Crippen LogP contribution in [0.5, 0.6) is 0 Å². The van der Waals surface area contributed by atoms with E-state index in [1.807, 2.05) is 17.5 Å². The minimum Gasteiger partial charge on any atom is -0.372 e. The van der Waals surface area contributed by atoms with E-state index in [1.165, 1.54) is 0 Å². The van der Waals surface area contributed by atoms with Crippen molar-refractivity contribution in [2.75, 3.05) is 13.7 Å². The van der Waals surface area contributed by atoms with E-state index in [9.17, 15) is 4.79 Å². The summed E-state index contributed by atoms with van der Waals surface area (Å²) in [5.74, 6) is 0.0690. The van der Waals surface area contributed by atoms with Gasteiger partial charge in [-0.1, -0.05) is 6.07 Å². The second-order valence-corrected chi connectivity index (χ2v) is 4.30. The van der Waals surface area contributed by atoms with Crippen LogP contribution in [0.1, 0.15) is 17.4 Å². The van der Waals surface area contributed by atoms with Crippen LogP contribution in [0.15, 0.2) is 17.5 Å². The maximum Gasteiger partial charge on any atom is 0.225 e. The molecule has 1 aromatic rings. The third kappa shape index (κ3) is 1.67. The maximum atomic E-state index is 11.5. The SMILES string of the molecule is CNC(=O)[C@@H]1CCO[C@H]1c1cccs1. The van der Waals surface area contributed by atoms with E-state index in [2.05, 4.69) is 5.32 Å². The average Bonchev–Trinajstić information content (AvgIpc) is 2.85. The molecule has 0 bridgehead atoms. The van der Waals surface area contributed by atoms with Crippen molar-refractivity contribution in [3.63, 3.8) is 0 Å². The third-order valence-electron chi connectivity index (χ3n) is 2.50. The van der Waals surface area contributed by atoms with Gasteiger partial charge in [0.15, 0.2) is 0 Å². The zero-order chi connectivity index (χ0) is 9.97. The van der Waals surface area contributed by atoms with E-state index in [4.69, 9.17) is 4.74 Å². The van der Waals surface area contributed by atoms with Crippen molar-refractivity contribution in [1.82, 2.24) is 5.32 Å². The Morgan fingerprint density at radius 2 is 2.57 bits per heavy atom. The molecule has 0 spiro atoms. The molecule has 1 aromatic heterocycles. The maximum absolute atomic E-state index is 11.5. The van der Waals surface area contributed by atoms with E-state index in [0.29, 0.717) is 6.61 Å². The van der Waals surface area contributed by atoms with Gasteiger partial charge < -0.3 is 10.1 Å². The quantitative estimate of drug-likeness (QED) is 0.806. The van der Waals surface area contributed by atoms with Crippen LogP contribution in [0.2, 0.25) is 0 Å². The highest BCUT2D eigenvalue weighted by atomic mass is 32.1. The molecule has 1 aliphatic heterocycles. The van der Waals surface area contributed by atoms with Crippen molar-refractivity contribution in [3.8, 4) is 0 Å². The summed E-state index contributed by atoms with van der Waals surface area (Å²) in [6, 6.07) is 4.01. The van der Waals surface area contributed by atoms with Gasteiger partial charge in [0.1, 0.15) is 6.10 Å². The molecule has 76 valence electrons. The molecule has 1 saturated heterocycles. The standard InChI is InChI=1S/C10H13NO2S/c1-11-10(12)7-4-5-13-9(7)8-3-2-6-14-8/h2-3,6-7,9H,4-5H2,1H3,(H,11,12)/t7-,9-/m1/s1. The summed E-state index contributed by atoms with van der Waals surface area (Å²) < 4.78 is 5.58. The molecule has 0 unspecified atom stereocenters. The highest BCUT2D eigenvalue weighted by molar-refractivity contribution is 7.10. The fourth-order valence-electron chi connectivity index (χ4n) is 1.78. The Hall–Kier alpha value is -0.870. The van der Waals surface area contributed by atoms with Gasteiger partial charge in [-0.25, -0.2) is 0 Å². The molecular weight excluding hydrogens is 198 g/mol. The van der Waals surface area contributed by atoms with E-state index in [1.54, 1.807) is 18.4 Å². The lowest BCUT2D eigenvalue weighted by Gasteiger charge is -2.15. The topological polar surface area (TPSA) is 38.3 Å². The minimum absolute atomic E-state index is 0.0151. The van der Waals surface area contributed by atoms with Crippen LogP contribution >= 0.6 is 11.3 Å². The molecule has 0 saturated carbocycles. The fraction of sp³-hybridized carbons (Fsp3) is 0.500. The fourth-order valence-corrected chi connectivity index (χ4v) is 2.61. The normalized spacial score (nSPS) is 26.4. The molecule has 4 heteroatoms. The van der Waals surface area contributed by atoms with Gasteiger partial charge in [0, 0.05) is 18.5 Å².